The van der Waals surface area contributed by atoms with Crippen LogP contribution in [0.3, 0.4) is 0 Å². The second-order valence-electron chi connectivity index (χ2n) is 6.49. The van der Waals surface area contributed by atoms with Crippen LogP contribution in [0.4, 0.5) is 0 Å². The molecule has 26 heavy (non-hydrogen) atoms. The number of amides is 1. The molecule has 0 N–H and O–H groups in total. The maximum absolute atomic E-state index is 13.2. The van der Waals surface area contributed by atoms with Crippen LogP contribution in [0, 0.1) is 0 Å². The summed E-state index contributed by atoms with van der Waals surface area (Å²) in [6.45, 7) is 0.539. The van der Waals surface area contributed by atoms with Gasteiger partial charge in [0.2, 0.25) is 0 Å². The number of benzene rings is 3. The van der Waals surface area contributed by atoms with E-state index in [0.717, 1.165) is 28.7 Å². The lowest BCUT2D eigenvalue weighted by Gasteiger charge is -2.37. The van der Waals surface area contributed by atoms with Crippen LogP contribution >= 0.6 is 23.2 Å². The minimum Gasteiger partial charge on any atom is -0.327 e. The highest BCUT2D eigenvalue weighted by Gasteiger charge is 2.33. The van der Waals surface area contributed by atoms with Crippen LogP contribution in [-0.2, 0) is 13.0 Å². The molecule has 1 atom stereocenters. The van der Waals surface area contributed by atoms with Crippen LogP contribution in [0.1, 0.15) is 33.1 Å². The molecule has 4 heteroatoms. The van der Waals surface area contributed by atoms with Gasteiger partial charge in [-0.05, 0) is 53.4 Å². The van der Waals surface area contributed by atoms with Crippen molar-refractivity contribution in [3.63, 3.8) is 0 Å². The quantitative estimate of drug-likeness (QED) is 0.550. The van der Waals surface area contributed by atoms with E-state index in [-0.39, 0.29) is 11.9 Å². The van der Waals surface area contributed by atoms with Gasteiger partial charge in [0.1, 0.15) is 0 Å². The Bertz CT molecular complexity index is 935. The molecule has 1 aliphatic heterocycles. The van der Waals surface area contributed by atoms with Gasteiger partial charge in [-0.25, -0.2) is 0 Å². The highest BCUT2D eigenvalue weighted by atomic mass is 35.5. The van der Waals surface area contributed by atoms with Gasteiger partial charge < -0.3 is 4.90 Å². The lowest BCUT2D eigenvalue weighted by Crippen LogP contribution is -2.39. The van der Waals surface area contributed by atoms with Crippen molar-refractivity contribution in [3.05, 3.63) is 105 Å². The third kappa shape index (κ3) is 3.35. The van der Waals surface area contributed by atoms with Crippen molar-refractivity contribution in [1.82, 2.24) is 4.90 Å². The third-order valence-corrected chi connectivity index (χ3v) is 5.32. The molecule has 3 aromatic carbocycles. The molecular formula is C22H17Cl2NO. The highest BCUT2D eigenvalue weighted by molar-refractivity contribution is 6.30. The molecule has 3 aromatic rings. The number of carbonyl (C=O) groups is 1. The van der Waals surface area contributed by atoms with Gasteiger partial charge in [0.25, 0.3) is 5.91 Å². The number of hydrogen-bond acceptors (Lipinski definition) is 1. The zero-order valence-electron chi connectivity index (χ0n) is 14.0. The average Bonchev–Trinajstić information content (AvgIpc) is 2.66. The molecule has 0 aliphatic carbocycles. The largest absolute Gasteiger partial charge is 0.327 e. The summed E-state index contributed by atoms with van der Waals surface area (Å²) >= 11 is 12.0. The van der Waals surface area contributed by atoms with Gasteiger partial charge in [-0.3, -0.25) is 4.79 Å². The summed E-state index contributed by atoms with van der Waals surface area (Å²) in [7, 11) is 0. The Balaban J connectivity index is 1.74. The van der Waals surface area contributed by atoms with Crippen LogP contribution in [0.5, 0.6) is 0 Å². The second kappa shape index (κ2) is 7.14. The Morgan fingerprint density at radius 2 is 1.46 bits per heavy atom. The molecule has 1 heterocycles. The molecule has 0 saturated heterocycles. The predicted octanol–water partition coefficient (Wildman–Crippen LogP) is 5.93. The van der Waals surface area contributed by atoms with E-state index in [1.165, 1.54) is 0 Å². The van der Waals surface area contributed by atoms with Gasteiger partial charge in [0, 0.05) is 22.2 Å². The number of hydrogen-bond donors (Lipinski definition) is 0. The summed E-state index contributed by atoms with van der Waals surface area (Å²) in [6, 6.07) is 23.2. The molecule has 0 radical (unpaired) electrons. The lowest BCUT2D eigenvalue weighted by molar-refractivity contribution is 0.0629. The molecule has 4 rings (SSSR count). The van der Waals surface area contributed by atoms with Gasteiger partial charge >= 0.3 is 0 Å². The molecule has 0 fully saturated rings. The van der Waals surface area contributed by atoms with E-state index in [1.54, 1.807) is 0 Å². The molecule has 0 aromatic heterocycles. The number of carbonyl (C=O) groups excluding carboxylic acids is 1. The first-order valence-electron chi connectivity index (χ1n) is 8.50. The summed E-state index contributed by atoms with van der Waals surface area (Å²) in [5, 5.41) is 1.39. The first kappa shape index (κ1) is 17.1. The molecule has 1 amide bonds. The van der Waals surface area contributed by atoms with Gasteiger partial charge in [-0.15, -0.1) is 0 Å². The van der Waals surface area contributed by atoms with Gasteiger partial charge in [-0.1, -0.05) is 65.7 Å². The molecular weight excluding hydrogens is 365 g/mol. The van der Waals surface area contributed by atoms with E-state index in [4.69, 9.17) is 23.2 Å². The Hall–Kier alpha value is -2.29. The fraction of sp³-hybridized carbons (Fsp3) is 0.136. The predicted molar refractivity (Wildman–Crippen MR) is 106 cm³/mol. The minimum absolute atomic E-state index is 0.0228. The van der Waals surface area contributed by atoms with Crippen LogP contribution in [0.15, 0.2) is 72.8 Å². The van der Waals surface area contributed by atoms with E-state index >= 15 is 0 Å². The van der Waals surface area contributed by atoms with E-state index in [9.17, 15) is 4.79 Å². The second-order valence-corrected chi connectivity index (χ2v) is 7.36. The SMILES string of the molecule is O=C1c2ccccc2CC(c2ccc(Cl)cc2)N1Cc1ccc(Cl)cc1. The van der Waals surface area contributed by atoms with Crippen LogP contribution in [0.2, 0.25) is 10.0 Å². The Kier molecular flexibility index (Phi) is 4.71. The molecule has 2 nitrogen and oxygen atoms in total. The van der Waals surface area contributed by atoms with E-state index < -0.39 is 0 Å². The fourth-order valence-electron chi connectivity index (χ4n) is 3.47. The first-order chi connectivity index (χ1) is 12.6. The number of rotatable bonds is 3. The van der Waals surface area contributed by atoms with Crippen LogP contribution in [-0.4, -0.2) is 10.8 Å². The third-order valence-electron chi connectivity index (χ3n) is 4.82. The van der Waals surface area contributed by atoms with E-state index in [2.05, 4.69) is 0 Å². The monoisotopic (exact) mass is 381 g/mol. The summed E-state index contributed by atoms with van der Waals surface area (Å²) < 4.78 is 0. The van der Waals surface area contributed by atoms with Crippen molar-refractivity contribution < 1.29 is 4.79 Å². The smallest absolute Gasteiger partial charge is 0.254 e. The summed E-state index contributed by atoms with van der Waals surface area (Å²) in [5.41, 5.74) is 4.02. The van der Waals surface area contributed by atoms with Crippen LogP contribution in [0.25, 0.3) is 0 Å². The van der Waals surface area contributed by atoms with Crippen molar-refractivity contribution in [3.8, 4) is 0 Å². The Labute approximate surface area is 163 Å². The number of halogens is 2. The van der Waals surface area contributed by atoms with Crippen molar-refractivity contribution in [1.29, 1.82) is 0 Å². The minimum atomic E-state index is -0.0228. The molecule has 0 spiro atoms. The number of nitrogens with zero attached hydrogens (tertiary/aromatic N) is 1. The van der Waals surface area contributed by atoms with Crippen molar-refractivity contribution in [2.75, 3.05) is 0 Å². The normalized spacial score (nSPS) is 16.5. The van der Waals surface area contributed by atoms with Gasteiger partial charge in [0.15, 0.2) is 0 Å². The van der Waals surface area contributed by atoms with E-state index in [1.807, 2.05) is 77.7 Å². The molecule has 0 bridgehead atoms. The summed E-state index contributed by atoms with van der Waals surface area (Å²) in [5.74, 6) is 0.0572. The zero-order chi connectivity index (χ0) is 18.1. The Morgan fingerprint density at radius 3 is 2.15 bits per heavy atom. The summed E-state index contributed by atoms with van der Waals surface area (Å²) in [6.07, 6.45) is 0.789. The molecule has 1 unspecified atom stereocenters. The average molecular weight is 382 g/mol. The fourth-order valence-corrected chi connectivity index (χ4v) is 3.72. The van der Waals surface area contributed by atoms with Crippen molar-refractivity contribution in [2.45, 2.75) is 19.0 Å². The van der Waals surface area contributed by atoms with Crippen molar-refractivity contribution in [2.24, 2.45) is 0 Å². The standard InChI is InChI=1S/C22H17Cl2NO/c23-18-9-5-15(6-10-18)14-25-21(16-7-11-19(24)12-8-16)13-17-3-1-2-4-20(17)22(25)26/h1-12,21H,13-14H2. The molecule has 0 saturated carbocycles. The molecule has 1 aliphatic rings. The lowest BCUT2D eigenvalue weighted by atomic mass is 9.89. The topological polar surface area (TPSA) is 20.3 Å². The molecule has 130 valence electrons. The highest BCUT2D eigenvalue weighted by Crippen LogP contribution is 2.35. The number of fused-ring (bicyclic) bond motifs is 1. The van der Waals surface area contributed by atoms with E-state index in [0.29, 0.717) is 16.6 Å². The first-order valence-corrected chi connectivity index (χ1v) is 9.26. The van der Waals surface area contributed by atoms with Gasteiger partial charge in [0.05, 0.1) is 6.04 Å². The van der Waals surface area contributed by atoms with Crippen LogP contribution < -0.4 is 0 Å². The maximum Gasteiger partial charge on any atom is 0.254 e. The van der Waals surface area contributed by atoms with Crippen molar-refractivity contribution >= 4 is 29.1 Å². The van der Waals surface area contributed by atoms with Gasteiger partial charge in [-0.2, -0.15) is 0 Å². The zero-order valence-corrected chi connectivity index (χ0v) is 15.5. The maximum atomic E-state index is 13.2. The summed E-state index contributed by atoms with van der Waals surface area (Å²) in [4.78, 5) is 15.2. The Morgan fingerprint density at radius 1 is 0.846 bits per heavy atom.